The zero-order valence-electron chi connectivity index (χ0n) is 12.0. The fourth-order valence-electron chi connectivity index (χ4n) is 2.52. The first kappa shape index (κ1) is 18.9. The molecule has 0 bridgehead atoms. The second-order valence-electron chi connectivity index (χ2n) is 5.62. The van der Waals surface area contributed by atoms with Crippen molar-refractivity contribution in [2.24, 2.45) is 0 Å². The topological polar surface area (TPSA) is 190 Å². The monoisotopic (exact) mass is 342 g/mol. The highest BCUT2D eigenvalue weighted by Gasteiger charge is 2.52. The Labute approximate surface area is 130 Å². The zero-order chi connectivity index (χ0) is 17.4. The summed E-state index contributed by atoms with van der Waals surface area (Å²) >= 11 is 0. The Bertz CT molecular complexity index is 393. The molecule has 0 radical (unpaired) electrons. The van der Waals surface area contributed by atoms with E-state index in [0.717, 1.165) is 0 Å². The minimum Gasteiger partial charge on any atom is -0.394 e. The molecule has 0 aliphatic carbocycles. The van der Waals surface area contributed by atoms with Crippen molar-refractivity contribution in [1.29, 1.82) is 0 Å². The predicted octanol–water partition coefficient (Wildman–Crippen LogP) is -5.40. The van der Waals surface area contributed by atoms with Crippen LogP contribution in [0.5, 0.6) is 0 Å². The molecule has 0 amide bonds. The van der Waals surface area contributed by atoms with Crippen LogP contribution in [0.15, 0.2) is 0 Å². The number of aliphatic hydroxyl groups excluding tert-OH is 7. The van der Waals surface area contributed by atoms with Gasteiger partial charge in [-0.1, -0.05) is 0 Å². The third-order valence-corrected chi connectivity index (χ3v) is 4.02. The van der Waals surface area contributed by atoms with Gasteiger partial charge in [0.2, 0.25) is 5.79 Å². The first-order valence-electron chi connectivity index (χ1n) is 7.04. The molecule has 11 nitrogen and oxygen atoms in total. The summed E-state index contributed by atoms with van der Waals surface area (Å²) in [6, 6.07) is 0. The molecule has 0 spiro atoms. The van der Waals surface area contributed by atoms with Crippen molar-refractivity contribution in [3.05, 3.63) is 0 Å². The minimum atomic E-state index is -2.38. The SMILES string of the molecule is OC[C@H]1O[C@H](O[C@@H]2[C@H](O)CO[C@](O)(CO)[C@H]2O)[C@H](O)[C@@H](O)[C@@H]1O. The third kappa shape index (κ3) is 3.50. The van der Waals surface area contributed by atoms with Crippen LogP contribution < -0.4 is 0 Å². The molecule has 0 aromatic heterocycles. The fraction of sp³-hybridized carbons (Fsp3) is 1.00. The number of ether oxygens (including phenoxy) is 3. The molecule has 2 fully saturated rings. The normalized spacial score (nSPS) is 51.7. The molecule has 0 aromatic carbocycles. The van der Waals surface area contributed by atoms with Crippen LogP contribution >= 0.6 is 0 Å². The van der Waals surface area contributed by atoms with Crippen LogP contribution in [-0.4, -0.2) is 115 Å². The maximum atomic E-state index is 10.00. The molecular formula is C12H22O11. The maximum Gasteiger partial charge on any atom is 0.218 e. The van der Waals surface area contributed by atoms with E-state index < -0.39 is 74.6 Å². The van der Waals surface area contributed by atoms with Crippen molar-refractivity contribution in [2.45, 2.75) is 54.8 Å². The highest BCUT2D eigenvalue weighted by atomic mass is 16.7. The molecule has 0 unspecified atom stereocenters. The summed E-state index contributed by atoms with van der Waals surface area (Å²) in [6.45, 7) is -2.13. The van der Waals surface area contributed by atoms with Crippen LogP contribution in [0.1, 0.15) is 0 Å². The molecule has 2 rings (SSSR count). The molecule has 2 heterocycles. The zero-order valence-corrected chi connectivity index (χ0v) is 12.0. The van der Waals surface area contributed by atoms with Crippen molar-refractivity contribution < 1.29 is 55.1 Å². The Morgan fingerprint density at radius 3 is 2.22 bits per heavy atom. The Kier molecular flexibility index (Phi) is 5.92. The first-order chi connectivity index (χ1) is 10.7. The molecule has 0 aromatic rings. The molecule has 2 aliphatic rings. The molecular weight excluding hydrogens is 320 g/mol. The molecule has 8 N–H and O–H groups in total. The van der Waals surface area contributed by atoms with Crippen LogP contribution in [0.25, 0.3) is 0 Å². The lowest BCUT2D eigenvalue weighted by molar-refractivity contribution is -0.373. The molecule has 2 saturated heterocycles. The van der Waals surface area contributed by atoms with Crippen molar-refractivity contribution >= 4 is 0 Å². The second-order valence-corrected chi connectivity index (χ2v) is 5.62. The maximum absolute atomic E-state index is 10.00. The molecule has 136 valence electrons. The smallest absolute Gasteiger partial charge is 0.218 e. The number of aliphatic hydroxyl groups is 8. The van der Waals surface area contributed by atoms with Crippen LogP contribution in [-0.2, 0) is 14.2 Å². The summed E-state index contributed by atoms with van der Waals surface area (Å²) in [6.07, 6.45) is -12.7. The van der Waals surface area contributed by atoms with Crippen molar-refractivity contribution in [3.8, 4) is 0 Å². The molecule has 0 saturated carbocycles. The van der Waals surface area contributed by atoms with Crippen molar-refractivity contribution in [1.82, 2.24) is 0 Å². The van der Waals surface area contributed by atoms with Gasteiger partial charge in [0.15, 0.2) is 6.29 Å². The predicted molar refractivity (Wildman–Crippen MR) is 68.6 cm³/mol. The van der Waals surface area contributed by atoms with Gasteiger partial charge in [-0.3, -0.25) is 0 Å². The van der Waals surface area contributed by atoms with Crippen molar-refractivity contribution in [3.63, 3.8) is 0 Å². The van der Waals surface area contributed by atoms with Gasteiger partial charge in [0.25, 0.3) is 0 Å². The standard InChI is InChI=1S/C12H22O11/c13-1-5-6(16)7(17)8(18)11(22-5)23-9-4(15)2-21-12(20,3-14)10(9)19/h4-11,13-20H,1-3H2/t4-,5-,6-,7+,8-,9-,10+,11-,12-/m1/s1. The van der Waals surface area contributed by atoms with Gasteiger partial charge in [-0.25, -0.2) is 0 Å². The average molecular weight is 342 g/mol. The summed E-state index contributed by atoms with van der Waals surface area (Å²) in [4.78, 5) is 0. The van der Waals surface area contributed by atoms with Crippen molar-refractivity contribution in [2.75, 3.05) is 19.8 Å². The summed E-state index contributed by atoms with van der Waals surface area (Å²) in [5.41, 5.74) is 0. The Hall–Kier alpha value is -0.440. The lowest BCUT2D eigenvalue weighted by Crippen LogP contribution is -2.66. The van der Waals surface area contributed by atoms with E-state index in [4.69, 9.17) is 24.4 Å². The van der Waals surface area contributed by atoms with Gasteiger partial charge < -0.3 is 55.1 Å². The minimum absolute atomic E-state index is 0.476. The Morgan fingerprint density at radius 1 is 1.00 bits per heavy atom. The van der Waals surface area contributed by atoms with Gasteiger partial charge in [-0.2, -0.15) is 0 Å². The van der Waals surface area contributed by atoms with E-state index in [0.29, 0.717) is 0 Å². The molecule has 2 aliphatic heterocycles. The lowest BCUT2D eigenvalue weighted by atomic mass is 9.96. The van der Waals surface area contributed by atoms with Gasteiger partial charge in [0.1, 0.15) is 42.7 Å². The lowest BCUT2D eigenvalue weighted by Gasteiger charge is -2.46. The van der Waals surface area contributed by atoms with E-state index in [1.54, 1.807) is 0 Å². The van der Waals surface area contributed by atoms with Gasteiger partial charge >= 0.3 is 0 Å². The van der Waals surface area contributed by atoms with E-state index in [9.17, 15) is 30.6 Å². The molecule has 23 heavy (non-hydrogen) atoms. The van der Waals surface area contributed by atoms with Gasteiger partial charge in [-0.05, 0) is 0 Å². The first-order valence-corrected chi connectivity index (χ1v) is 7.04. The van der Waals surface area contributed by atoms with Crippen LogP contribution in [0.4, 0.5) is 0 Å². The number of hydrogen-bond donors (Lipinski definition) is 8. The highest BCUT2D eigenvalue weighted by molar-refractivity contribution is 4.95. The number of rotatable bonds is 4. The summed E-state index contributed by atoms with van der Waals surface area (Å²) in [5.74, 6) is -2.38. The molecule has 11 heteroatoms. The highest BCUT2D eigenvalue weighted by Crippen LogP contribution is 2.29. The second kappa shape index (κ2) is 7.21. The van der Waals surface area contributed by atoms with E-state index >= 15 is 0 Å². The van der Waals surface area contributed by atoms with Gasteiger partial charge in [0.05, 0.1) is 19.8 Å². The van der Waals surface area contributed by atoms with Crippen LogP contribution in [0, 0.1) is 0 Å². The largest absolute Gasteiger partial charge is 0.394 e. The average Bonchev–Trinajstić information content (AvgIpc) is 2.55. The van der Waals surface area contributed by atoms with Gasteiger partial charge in [-0.15, -0.1) is 0 Å². The fourth-order valence-corrected chi connectivity index (χ4v) is 2.52. The van der Waals surface area contributed by atoms with E-state index in [-0.39, 0.29) is 0 Å². The quantitative estimate of drug-likeness (QED) is 0.243. The molecule has 9 atom stereocenters. The number of hydrogen-bond acceptors (Lipinski definition) is 11. The van der Waals surface area contributed by atoms with Crippen LogP contribution in [0.2, 0.25) is 0 Å². The summed E-state index contributed by atoms with van der Waals surface area (Å²) in [5, 5.41) is 77.1. The van der Waals surface area contributed by atoms with Crippen LogP contribution in [0.3, 0.4) is 0 Å². The summed E-state index contributed by atoms with van der Waals surface area (Å²) < 4.78 is 15.1. The third-order valence-electron chi connectivity index (χ3n) is 4.02. The Morgan fingerprint density at radius 2 is 1.65 bits per heavy atom. The van der Waals surface area contributed by atoms with E-state index in [1.165, 1.54) is 0 Å². The van der Waals surface area contributed by atoms with E-state index in [1.807, 2.05) is 0 Å². The van der Waals surface area contributed by atoms with E-state index in [2.05, 4.69) is 0 Å². The Balaban J connectivity index is 2.12. The van der Waals surface area contributed by atoms with Gasteiger partial charge in [0, 0.05) is 0 Å². The summed E-state index contributed by atoms with van der Waals surface area (Å²) in [7, 11) is 0.